The molecule has 27 heavy (non-hydrogen) atoms. The second kappa shape index (κ2) is 9.24. The molecule has 1 saturated carbocycles. The van der Waals surface area contributed by atoms with Crippen LogP contribution in [-0.2, 0) is 6.42 Å². The van der Waals surface area contributed by atoms with Crippen LogP contribution in [0.2, 0.25) is 0 Å². The molecule has 0 bridgehead atoms. The number of hydrogen-bond donors (Lipinski definition) is 2. The van der Waals surface area contributed by atoms with E-state index in [0.29, 0.717) is 12.1 Å². The third-order valence-electron chi connectivity index (χ3n) is 5.77. The minimum absolute atomic E-state index is 0. The number of benzene rings is 2. The first kappa shape index (κ1) is 20.4. The van der Waals surface area contributed by atoms with Crippen LogP contribution in [-0.4, -0.2) is 49.1 Å². The smallest absolute Gasteiger partial charge is 0.191 e. The molecule has 4 nitrogen and oxygen atoms in total. The van der Waals surface area contributed by atoms with Gasteiger partial charge in [0.1, 0.15) is 0 Å². The zero-order valence-corrected chi connectivity index (χ0v) is 18.6. The van der Waals surface area contributed by atoms with E-state index in [1.165, 1.54) is 35.6 Å². The fourth-order valence-corrected chi connectivity index (χ4v) is 4.29. The summed E-state index contributed by atoms with van der Waals surface area (Å²) in [6, 6.07) is 17.2. The normalized spacial score (nSPS) is 23.3. The van der Waals surface area contributed by atoms with Crippen molar-refractivity contribution in [2.24, 2.45) is 4.99 Å². The molecule has 4 rings (SSSR count). The van der Waals surface area contributed by atoms with E-state index in [-0.39, 0.29) is 24.0 Å². The highest BCUT2D eigenvalue weighted by Gasteiger charge is 2.38. The number of hydrogen-bond acceptors (Lipinski definition) is 2. The van der Waals surface area contributed by atoms with Gasteiger partial charge >= 0.3 is 0 Å². The van der Waals surface area contributed by atoms with E-state index >= 15 is 0 Å². The van der Waals surface area contributed by atoms with Gasteiger partial charge in [0, 0.05) is 38.3 Å². The van der Waals surface area contributed by atoms with Crippen LogP contribution in [0.3, 0.4) is 0 Å². The largest absolute Gasteiger partial charge is 0.356 e. The summed E-state index contributed by atoms with van der Waals surface area (Å²) in [5.74, 6) is 0.931. The van der Waals surface area contributed by atoms with Crippen molar-refractivity contribution >= 4 is 40.7 Å². The van der Waals surface area contributed by atoms with Crippen molar-refractivity contribution in [1.29, 1.82) is 0 Å². The van der Waals surface area contributed by atoms with Crippen molar-refractivity contribution in [3.8, 4) is 0 Å². The molecule has 2 atom stereocenters. The molecule has 1 aliphatic carbocycles. The molecule has 0 radical (unpaired) electrons. The van der Waals surface area contributed by atoms with E-state index in [0.717, 1.165) is 31.5 Å². The van der Waals surface area contributed by atoms with Crippen LogP contribution in [0.5, 0.6) is 0 Å². The lowest BCUT2D eigenvalue weighted by molar-refractivity contribution is 0.256. The molecule has 2 unspecified atom stereocenters. The van der Waals surface area contributed by atoms with Crippen LogP contribution >= 0.6 is 24.0 Å². The molecule has 0 amide bonds. The molecule has 1 saturated heterocycles. The standard InChI is InChI=1S/C22H30N4.HI/c1-16-14-19(15-26(16)20-10-11-20)25-22(23-2)24-13-12-18-8-5-7-17-6-3-4-9-21(17)18;/h3-9,16,19-20H,10-15H2,1-2H3,(H2,23,24,25);1H. The van der Waals surface area contributed by atoms with Gasteiger partial charge in [-0.15, -0.1) is 24.0 Å². The molecule has 0 aromatic heterocycles. The summed E-state index contributed by atoms with van der Waals surface area (Å²) in [7, 11) is 1.87. The maximum atomic E-state index is 4.43. The highest BCUT2D eigenvalue weighted by Crippen LogP contribution is 2.33. The van der Waals surface area contributed by atoms with Gasteiger partial charge in [0.15, 0.2) is 5.96 Å². The average molecular weight is 478 g/mol. The summed E-state index contributed by atoms with van der Waals surface area (Å²) in [4.78, 5) is 7.10. The SMILES string of the molecule is CN=C(NCCc1cccc2ccccc12)NC1CC(C)N(C2CC2)C1.I. The Balaban J connectivity index is 0.00000210. The quantitative estimate of drug-likeness (QED) is 0.391. The Morgan fingerprint density at radius 2 is 1.93 bits per heavy atom. The molecule has 1 heterocycles. The summed E-state index contributed by atoms with van der Waals surface area (Å²) in [5, 5.41) is 9.80. The van der Waals surface area contributed by atoms with Crippen LogP contribution in [0.4, 0.5) is 0 Å². The number of nitrogens with zero attached hydrogens (tertiary/aromatic N) is 2. The predicted molar refractivity (Wildman–Crippen MR) is 125 cm³/mol. The van der Waals surface area contributed by atoms with Gasteiger partial charge in [-0.2, -0.15) is 0 Å². The molecular weight excluding hydrogens is 447 g/mol. The highest BCUT2D eigenvalue weighted by atomic mass is 127. The summed E-state index contributed by atoms with van der Waals surface area (Å²) in [6.45, 7) is 4.40. The predicted octanol–water partition coefficient (Wildman–Crippen LogP) is 3.79. The van der Waals surface area contributed by atoms with Gasteiger partial charge in [0.05, 0.1) is 0 Å². The molecule has 2 aromatic rings. The molecule has 2 aromatic carbocycles. The number of aliphatic imine (C=N–C) groups is 1. The van der Waals surface area contributed by atoms with Gasteiger partial charge in [0.2, 0.25) is 0 Å². The fraction of sp³-hybridized carbons (Fsp3) is 0.500. The summed E-state index contributed by atoms with van der Waals surface area (Å²) in [6.07, 6.45) is 4.97. The van der Waals surface area contributed by atoms with Crippen molar-refractivity contribution < 1.29 is 0 Å². The van der Waals surface area contributed by atoms with Gasteiger partial charge in [0.25, 0.3) is 0 Å². The number of fused-ring (bicyclic) bond motifs is 1. The Kier molecular flexibility index (Phi) is 6.98. The number of halogens is 1. The van der Waals surface area contributed by atoms with Gasteiger partial charge in [-0.1, -0.05) is 42.5 Å². The molecule has 5 heteroatoms. The van der Waals surface area contributed by atoms with Gasteiger partial charge in [-0.25, -0.2) is 0 Å². The first-order valence-electron chi connectivity index (χ1n) is 9.94. The van der Waals surface area contributed by atoms with Crippen molar-refractivity contribution in [2.45, 2.75) is 50.7 Å². The first-order chi connectivity index (χ1) is 12.7. The Bertz CT molecular complexity index is 781. The molecule has 2 aliphatic rings. The van der Waals surface area contributed by atoms with Crippen LogP contribution in [0.15, 0.2) is 47.5 Å². The summed E-state index contributed by atoms with van der Waals surface area (Å²) < 4.78 is 0. The van der Waals surface area contributed by atoms with Crippen molar-refractivity contribution in [3.05, 3.63) is 48.0 Å². The number of likely N-dealkylation sites (tertiary alicyclic amines) is 1. The van der Waals surface area contributed by atoms with Crippen LogP contribution in [0, 0.1) is 0 Å². The Morgan fingerprint density at radius 3 is 2.70 bits per heavy atom. The topological polar surface area (TPSA) is 39.7 Å². The zero-order chi connectivity index (χ0) is 17.9. The maximum Gasteiger partial charge on any atom is 0.191 e. The average Bonchev–Trinajstić information content (AvgIpc) is 3.44. The lowest BCUT2D eigenvalue weighted by Crippen LogP contribution is -2.45. The molecule has 0 spiro atoms. The fourth-order valence-electron chi connectivity index (χ4n) is 4.29. The Hall–Kier alpha value is -1.34. The Morgan fingerprint density at radius 1 is 1.15 bits per heavy atom. The van der Waals surface area contributed by atoms with Crippen LogP contribution < -0.4 is 10.6 Å². The van der Waals surface area contributed by atoms with Crippen molar-refractivity contribution in [1.82, 2.24) is 15.5 Å². The highest BCUT2D eigenvalue weighted by molar-refractivity contribution is 14.0. The number of guanidine groups is 1. The monoisotopic (exact) mass is 478 g/mol. The van der Waals surface area contributed by atoms with E-state index in [2.05, 4.69) is 69.9 Å². The second-order valence-electron chi connectivity index (χ2n) is 7.74. The van der Waals surface area contributed by atoms with E-state index in [9.17, 15) is 0 Å². The molecule has 2 fully saturated rings. The first-order valence-corrected chi connectivity index (χ1v) is 9.94. The maximum absolute atomic E-state index is 4.43. The summed E-state index contributed by atoms with van der Waals surface area (Å²) in [5.41, 5.74) is 1.39. The molecule has 1 aliphatic heterocycles. The molecular formula is C22H31IN4. The van der Waals surface area contributed by atoms with E-state index < -0.39 is 0 Å². The van der Waals surface area contributed by atoms with E-state index in [4.69, 9.17) is 0 Å². The minimum Gasteiger partial charge on any atom is -0.356 e. The number of rotatable bonds is 5. The molecule has 2 N–H and O–H groups in total. The lowest BCUT2D eigenvalue weighted by Gasteiger charge is -2.20. The Labute approximate surface area is 179 Å². The third-order valence-corrected chi connectivity index (χ3v) is 5.77. The number of nitrogens with one attached hydrogen (secondary N) is 2. The van der Waals surface area contributed by atoms with Gasteiger partial charge in [-0.05, 0) is 48.9 Å². The van der Waals surface area contributed by atoms with Crippen molar-refractivity contribution in [3.63, 3.8) is 0 Å². The lowest BCUT2D eigenvalue weighted by atomic mass is 10.0. The van der Waals surface area contributed by atoms with E-state index in [1.54, 1.807) is 0 Å². The van der Waals surface area contributed by atoms with Crippen molar-refractivity contribution in [2.75, 3.05) is 20.1 Å². The molecule has 146 valence electrons. The van der Waals surface area contributed by atoms with Gasteiger partial charge in [-0.3, -0.25) is 9.89 Å². The minimum atomic E-state index is 0. The van der Waals surface area contributed by atoms with Crippen LogP contribution in [0.25, 0.3) is 10.8 Å². The summed E-state index contributed by atoms with van der Waals surface area (Å²) >= 11 is 0. The third kappa shape index (κ3) is 4.93. The second-order valence-corrected chi connectivity index (χ2v) is 7.74. The van der Waals surface area contributed by atoms with Gasteiger partial charge < -0.3 is 10.6 Å². The van der Waals surface area contributed by atoms with E-state index in [1.807, 2.05) is 7.05 Å². The zero-order valence-electron chi connectivity index (χ0n) is 16.3. The van der Waals surface area contributed by atoms with Crippen LogP contribution in [0.1, 0.15) is 31.7 Å².